The summed E-state index contributed by atoms with van der Waals surface area (Å²) in [5.41, 5.74) is 1.88. The standard InChI is InChI=1S/C17H23NO2/c1-11-8-7-9-12-13(11)14(19)18(6)15(20)17(12,5)10-16(2,3)4/h7-9H,10H2,1-6H3. The predicted molar refractivity (Wildman–Crippen MR) is 79.7 cm³/mol. The van der Waals surface area contributed by atoms with Gasteiger partial charge in [-0.05, 0) is 36.8 Å². The van der Waals surface area contributed by atoms with Gasteiger partial charge in [-0.2, -0.15) is 0 Å². The van der Waals surface area contributed by atoms with Crippen molar-refractivity contribution in [2.24, 2.45) is 5.41 Å². The first kappa shape index (κ1) is 14.8. The van der Waals surface area contributed by atoms with Crippen LogP contribution < -0.4 is 0 Å². The van der Waals surface area contributed by atoms with Crippen LogP contribution in [-0.2, 0) is 10.2 Å². The fourth-order valence-electron chi connectivity index (χ4n) is 3.39. The topological polar surface area (TPSA) is 37.4 Å². The number of imide groups is 1. The Labute approximate surface area is 121 Å². The van der Waals surface area contributed by atoms with Gasteiger partial charge >= 0.3 is 0 Å². The number of carbonyl (C=O) groups excluding carboxylic acids is 2. The monoisotopic (exact) mass is 273 g/mol. The van der Waals surface area contributed by atoms with Crippen molar-refractivity contribution in [1.29, 1.82) is 0 Å². The lowest BCUT2D eigenvalue weighted by Crippen LogP contribution is -2.52. The van der Waals surface area contributed by atoms with E-state index in [2.05, 4.69) is 20.8 Å². The summed E-state index contributed by atoms with van der Waals surface area (Å²) < 4.78 is 0. The number of aryl methyl sites for hydroxylation is 1. The largest absolute Gasteiger partial charge is 0.281 e. The molecule has 0 radical (unpaired) electrons. The molecule has 0 bridgehead atoms. The van der Waals surface area contributed by atoms with Gasteiger partial charge in [-0.25, -0.2) is 0 Å². The molecular weight excluding hydrogens is 250 g/mol. The molecule has 0 aliphatic carbocycles. The zero-order valence-electron chi connectivity index (χ0n) is 13.2. The van der Waals surface area contributed by atoms with E-state index >= 15 is 0 Å². The van der Waals surface area contributed by atoms with E-state index in [1.54, 1.807) is 7.05 Å². The molecule has 0 saturated heterocycles. The lowest BCUT2D eigenvalue weighted by Gasteiger charge is -2.42. The zero-order valence-corrected chi connectivity index (χ0v) is 13.2. The molecule has 0 spiro atoms. The molecule has 0 saturated carbocycles. The highest BCUT2D eigenvalue weighted by Crippen LogP contribution is 2.43. The van der Waals surface area contributed by atoms with Crippen molar-refractivity contribution in [3.05, 3.63) is 34.9 Å². The molecule has 108 valence electrons. The zero-order chi connectivity index (χ0) is 15.3. The van der Waals surface area contributed by atoms with E-state index < -0.39 is 5.41 Å². The Balaban J connectivity index is 2.70. The van der Waals surface area contributed by atoms with Crippen LogP contribution in [0.4, 0.5) is 0 Å². The average molecular weight is 273 g/mol. The van der Waals surface area contributed by atoms with Crippen LogP contribution in [-0.4, -0.2) is 23.8 Å². The average Bonchev–Trinajstić information content (AvgIpc) is 2.32. The van der Waals surface area contributed by atoms with E-state index in [0.29, 0.717) is 12.0 Å². The number of carbonyl (C=O) groups is 2. The first-order valence-corrected chi connectivity index (χ1v) is 7.00. The smallest absolute Gasteiger partial charge is 0.260 e. The third-order valence-corrected chi connectivity index (χ3v) is 4.05. The van der Waals surface area contributed by atoms with Crippen LogP contribution in [0.2, 0.25) is 0 Å². The number of nitrogens with zero attached hydrogens (tertiary/aromatic N) is 1. The normalized spacial score (nSPS) is 23.0. The van der Waals surface area contributed by atoms with E-state index in [0.717, 1.165) is 11.1 Å². The summed E-state index contributed by atoms with van der Waals surface area (Å²) in [6.07, 6.45) is 0.715. The predicted octanol–water partition coefficient (Wildman–Crippen LogP) is 3.30. The van der Waals surface area contributed by atoms with Crippen LogP contribution in [0.3, 0.4) is 0 Å². The van der Waals surface area contributed by atoms with Crippen molar-refractivity contribution in [3.8, 4) is 0 Å². The molecule has 1 aliphatic rings. The Morgan fingerprint density at radius 1 is 1.20 bits per heavy atom. The van der Waals surface area contributed by atoms with Crippen molar-refractivity contribution in [2.75, 3.05) is 7.05 Å². The number of fused-ring (bicyclic) bond motifs is 1. The molecule has 1 unspecified atom stereocenters. The number of hydrogen-bond donors (Lipinski definition) is 0. The van der Waals surface area contributed by atoms with Gasteiger partial charge in [0.1, 0.15) is 0 Å². The quantitative estimate of drug-likeness (QED) is 0.736. The molecule has 0 fully saturated rings. The third kappa shape index (κ3) is 2.15. The summed E-state index contributed by atoms with van der Waals surface area (Å²) in [7, 11) is 1.58. The molecule has 1 atom stereocenters. The van der Waals surface area contributed by atoms with E-state index in [4.69, 9.17) is 0 Å². The van der Waals surface area contributed by atoms with Gasteiger partial charge in [0.15, 0.2) is 0 Å². The molecule has 3 heteroatoms. The Hall–Kier alpha value is -1.64. The van der Waals surface area contributed by atoms with Gasteiger partial charge in [-0.3, -0.25) is 14.5 Å². The van der Waals surface area contributed by atoms with Crippen LogP contribution >= 0.6 is 0 Å². The lowest BCUT2D eigenvalue weighted by molar-refractivity contribution is -0.135. The van der Waals surface area contributed by atoms with Crippen LogP contribution in [0.5, 0.6) is 0 Å². The number of amides is 2. The van der Waals surface area contributed by atoms with Gasteiger partial charge in [0.05, 0.1) is 5.41 Å². The van der Waals surface area contributed by atoms with Gasteiger partial charge < -0.3 is 0 Å². The fraction of sp³-hybridized carbons (Fsp3) is 0.529. The highest BCUT2D eigenvalue weighted by Gasteiger charge is 2.48. The fourth-order valence-corrected chi connectivity index (χ4v) is 3.39. The van der Waals surface area contributed by atoms with Gasteiger partial charge in [-0.15, -0.1) is 0 Å². The van der Waals surface area contributed by atoms with Gasteiger partial charge in [0.25, 0.3) is 5.91 Å². The molecule has 2 amide bonds. The molecule has 1 aliphatic heterocycles. The molecule has 2 rings (SSSR count). The van der Waals surface area contributed by atoms with E-state index in [9.17, 15) is 9.59 Å². The lowest BCUT2D eigenvalue weighted by atomic mass is 9.66. The SMILES string of the molecule is Cc1cccc2c1C(=O)N(C)C(=O)C2(C)CC(C)(C)C. The first-order valence-electron chi connectivity index (χ1n) is 7.00. The van der Waals surface area contributed by atoms with E-state index in [-0.39, 0.29) is 17.2 Å². The second kappa shape index (κ2) is 4.44. The molecule has 0 aromatic heterocycles. The molecule has 1 aromatic carbocycles. The van der Waals surface area contributed by atoms with Crippen molar-refractivity contribution >= 4 is 11.8 Å². The van der Waals surface area contributed by atoms with Gasteiger partial charge in [0, 0.05) is 12.6 Å². The van der Waals surface area contributed by atoms with Crippen molar-refractivity contribution < 1.29 is 9.59 Å². The maximum atomic E-state index is 12.7. The molecule has 3 nitrogen and oxygen atoms in total. The summed E-state index contributed by atoms with van der Waals surface area (Å²) in [5.74, 6) is -0.287. The number of likely N-dealkylation sites (N-methyl/N-ethyl adjacent to an activating group) is 1. The minimum Gasteiger partial charge on any atom is -0.281 e. The second-order valence-corrected chi connectivity index (χ2v) is 7.24. The summed E-state index contributed by atoms with van der Waals surface area (Å²) in [4.78, 5) is 26.4. The Bertz CT molecular complexity index is 583. The van der Waals surface area contributed by atoms with E-state index in [1.807, 2.05) is 32.0 Å². The number of hydrogen-bond acceptors (Lipinski definition) is 2. The second-order valence-electron chi connectivity index (χ2n) is 7.24. The van der Waals surface area contributed by atoms with Crippen molar-refractivity contribution in [2.45, 2.75) is 46.5 Å². The molecule has 0 N–H and O–H groups in total. The Morgan fingerprint density at radius 2 is 1.80 bits per heavy atom. The van der Waals surface area contributed by atoms with Crippen LogP contribution in [0.15, 0.2) is 18.2 Å². The summed E-state index contributed by atoms with van der Waals surface area (Å²) in [6.45, 7) is 10.3. The molecular formula is C17H23NO2. The number of benzene rings is 1. The van der Waals surface area contributed by atoms with Crippen LogP contribution in [0.25, 0.3) is 0 Å². The summed E-state index contributed by atoms with van der Waals surface area (Å²) >= 11 is 0. The minimum absolute atomic E-state index is 0.00660. The first-order chi connectivity index (χ1) is 9.08. The maximum absolute atomic E-state index is 12.7. The number of rotatable bonds is 1. The molecule has 20 heavy (non-hydrogen) atoms. The highest BCUT2D eigenvalue weighted by molar-refractivity contribution is 6.13. The Morgan fingerprint density at radius 3 is 2.35 bits per heavy atom. The van der Waals surface area contributed by atoms with Crippen molar-refractivity contribution in [1.82, 2.24) is 4.90 Å². The molecule has 1 heterocycles. The highest BCUT2D eigenvalue weighted by atomic mass is 16.2. The van der Waals surface area contributed by atoms with E-state index in [1.165, 1.54) is 4.90 Å². The molecule has 1 aromatic rings. The summed E-state index contributed by atoms with van der Waals surface area (Å²) in [5, 5.41) is 0. The summed E-state index contributed by atoms with van der Waals surface area (Å²) in [6, 6.07) is 5.79. The Kier molecular flexibility index (Phi) is 3.28. The third-order valence-electron chi connectivity index (χ3n) is 4.05. The van der Waals surface area contributed by atoms with Crippen LogP contribution in [0.1, 0.15) is 55.6 Å². The van der Waals surface area contributed by atoms with Crippen molar-refractivity contribution in [3.63, 3.8) is 0 Å². The van der Waals surface area contributed by atoms with Gasteiger partial charge in [0.2, 0.25) is 5.91 Å². The van der Waals surface area contributed by atoms with Crippen LogP contribution in [0, 0.1) is 12.3 Å². The van der Waals surface area contributed by atoms with Gasteiger partial charge in [-0.1, -0.05) is 39.0 Å². The maximum Gasteiger partial charge on any atom is 0.260 e. The minimum atomic E-state index is -0.637.